The summed E-state index contributed by atoms with van der Waals surface area (Å²) in [5.74, 6) is 0.770. The maximum Gasteiger partial charge on any atom is 0.0726 e. The van der Waals surface area contributed by atoms with Crippen molar-refractivity contribution in [3.05, 3.63) is 41.5 Å². The number of rotatable bonds is 2. The summed E-state index contributed by atoms with van der Waals surface area (Å²) in [7, 11) is 0. The van der Waals surface area contributed by atoms with Crippen molar-refractivity contribution in [1.29, 1.82) is 0 Å². The highest BCUT2D eigenvalue weighted by molar-refractivity contribution is 5.70. The molecule has 17 heavy (non-hydrogen) atoms. The van der Waals surface area contributed by atoms with Gasteiger partial charge in [-0.25, -0.2) is 0 Å². The van der Waals surface area contributed by atoms with Gasteiger partial charge in [0.15, 0.2) is 0 Å². The van der Waals surface area contributed by atoms with E-state index < -0.39 is 0 Å². The van der Waals surface area contributed by atoms with Gasteiger partial charge < -0.3 is 5.11 Å². The second-order valence-corrected chi connectivity index (χ2v) is 5.37. The lowest BCUT2D eigenvalue weighted by molar-refractivity contribution is 0.206. The molecule has 0 aromatic heterocycles. The molecule has 0 amide bonds. The third kappa shape index (κ3) is 2.16. The smallest absolute Gasteiger partial charge is 0.0726 e. The molecule has 1 nitrogen and oxygen atoms in total. The highest BCUT2D eigenvalue weighted by Gasteiger charge is 2.23. The van der Waals surface area contributed by atoms with E-state index in [1.165, 1.54) is 36.0 Å². The first-order valence-electron chi connectivity index (χ1n) is 6.82. The Morgan fingerprint density at radius 1 is 1.00 bits per heavy atom. The first-order chi connectivity index (χ1) is 8.34. The fraction of sp³-hybridized carbons (Fsp3) is 0.500. The zero-order valence-corrected chi connectivity index (χ0v) is 10.2. The number of hydrogen-bond donors (Lipinski definition) is 1. The molecule has 1 unspecified atom stereocenters. The average molecular weight is 228 g/mol. The van der Waals surface area contributed by atoms with Crippen LogP contribution in [0.5, 0.6) is 0 Å². The van der Waals surface area contributed by atoms with Crippen LogP contribution in [0.25, 0.3) is 5.57 Å². The Bertz CT molecular complexity index is 429. The molecule has 0 spiro atoms. The van der Waals surface area contributed by atoms with E-state index in [0.29, 0.717) is 0 Å². The van der Waals surface area contributed by atoms with Gasteiger partial charge in [-0.15, -0.1) is 0 Å². The van der Waals surface area contributed by atoms with Crippen molar-refractivity contribution >= 4 is 5.57 Å². The van der Waals surface area contributed by atoms with Crippen LogP contribution in [0.2, 0.25) is 0 Å². The van der Waals surface area contributed by atoms with Gasteiger partial charge in [0.2, 0.25) is 0 Å². The van der Waals surface area contributed by atoms with Crippen molar-refractivity contribution in [2.45, 2.75) is 50.5 Å². The molecule has 1 saturated carbocycles. The van der Waals surface area contributed by atoms with Crippen LogP contribution in [0.1, 0.15) is 55.6 Å². The number of aliphatic hydroxyl groups is 1. The summed E-state index contributed by atoms with van der Waals surface area (Å²) >= 11 is 0. The van der Waals surface area contributed by atoms with E-state index in [1.807, 2.05) is 0 Å². The summed E-state index contributed by atoms with van der Waals surface area (Å²) in [6, 6.07) is 8.79. The van der Waals surface area contributed by atoms with Gasteiger partial charge in [0.25, 0.3) is 0 Å². The zero-order valence-electron chi connectivity index (χ0n) is 10.2. The van der Waals surface area contributed by atoms with Crippen molar-refractivity contribution < 1.29 is 5.11 Å². The molecule has 2 aliphatic rings. The lowest BCUT2D eigenvalue weighted by atomic mass is 9.76. The predicted molar refractivity (Wildman–Crippen MR) is 70.9 cm³/mol. The van der Waals surface area contributed by atoms with E-state index in [1.54, 1.807) is 0 Å². The average Bonchev–Trinajstić information content (AvgIpc) is 2.27. The highest BCUT2D eigenvalue weighted by atomic mass is 16.3. The Hall–Kier alpha value is -1.08. The van der Waals surface area contributed by atoms with Crippen LogP contribution in [0.15, 0.2) is 30.3 Å². The summed E-state index contributed by atoms with van der Waals surface area (Å²) in [5.41, 5.74) is 4.28. The predicted octanol–water partition coefficient (Wildman–Crippen LogP) is 3.88. The topological polar surface area (TPSA) is 20.2 Å². The lowest BCUT2D eigenvalue weighted by Gasteiger charge is -2.29. The van der Waals surface area contributed by atoms with Crippen LogP contribution < -0.4 is 0 Å². The minimum Gasteiger partial charge on any atom is -0.389 e. The molecule has 2 aliphatic carbocycles. The van der Waals surface area contributed by atoms with Crippen LogP contribution in [-0.4, -0.2) is 11.2 Å². The van der Waals surface area contributed by atoms with Crippen LogP contribution in [0.4, 0.5) is 0 Å². The summed E-state index contributed by atoms with van der Waals surface area (Å²) < 4.78 is 0. The van der Waals surface area contributed by atoms with Crippen LogP contribution in [0, 0.1) is 0 Å². The molecular weight excluding hydrogens is 208 g/mol. The van der Waals surface area contributed by atoms with E-state index in [2.05, 4.69) is 30.3 Å². The van der Waals surface area contributed by atoms with Gasteiger partial charge in [-0.2, -0.15) is 0 Å². The molecule has 1 aromatic rings. The molecule has 0 aliphatic heterocycles. The standard InChI is InChI=1S/C16H20O/c17-14-8-4-7-13(11-14)16-10-2-1-9-15(16)12-5-3-6-12/h1-2,9-12,14,17H,3-8H2. The number of benzene rings is 1. The molecule has 1 atom stereocenters. The number of allylic oxidation sites excluding steroid dienone is 1. The van der Waals surface area contributed by atoms with Crippen LogP contribution >= 0.6 is 0 Å². The minimum absolute atomic E-state index is 0.229. The van der Waals surface area contributed by atoms with Crippen LogP contribution in [0.3, 0.4) is 0 Å². The van der Waals surface area contributed by atoms with Crippen LogP contribution in [-0.2, 0) is 0 Å². The third-order valence-electron chi connectivity index (χ3n) is 4.19. The lowest BCUT2D eigenvalue weighted by Crippen LogP contribution is -2.13. The van der Waals surface area contributed by atoms with Crippen molar-refractivity contribution in [2.24, 2.45) is 0 Å². The van der Waals surface area contributed by atoms with E-state index in [0.717, 1.165) is 25.2 Å². The fourth-order valence-corrected chi connectivity index (χ4v) is 2.99. The molecule has 90 valence electrons. The van der Waals surface area contributed by atoms with Gasteiger partial charge in [0.05, 0.1) is 6.10 Å². The zero-order chi connectivity index (χ0) is 11.7. The van der Waals surface area contributed by atoms with E-state index in [4.69, 9.17) is 0 Å². The highest BCUT2D eigenvalue weighted by Crippen LogP contribution is 2.41. The maximum atomic E-state index is 9.77. The molecule has 0 saturated heterocycles. The van der Waals surface area contributed by atoms with Crippen molar-refractivity contribution in [3.63, 3.8) is 0 Å². The van der Waals surface area contributed by atoms with E-state index in [9.17, 15) is 5.11 Å². The van der Waals surface area contributed by atoms with Crippen molar-refractivity contribution in [1.82, 2.24) is 0 Å². The minimum atomic E-state index is -0.229. The monoisotopic (exact) mass is 228 g/mol. The van der Waals surface area contributed by atoms with Gasteiger partial charge in [-0.1, -0.05) is 36.8 Å². The Kier molecular flexibility index (Phi) is 3.02. The van der Waals surface area contributed by atoms with E-state index >= 15 is 0 Å². The Morgan fingerprint density at radius 2 is 1.82 bits per heavy atom. The molecule has 0 heterocycles. The Labute approximate surface area is 103 Å². The molecule has 1 N–H and O–H groups in total. The van der Waals surface area contributed by atoms with Gasteiger partial charge in [0, 0.05) is 0 Å². The maximum absolute atomic E-state index is 9.77. The largest absolute Gasteiger partial charge is 0.389 e. The van der Waals surface area contributed by atoms with Gasteiger partial charge >= 0.3 is 0 Å². The molecule has 1 aromatic carbocycles. The number of hydrogen-bond acceptors (Lipinski definition) is 1. The summed E-state index contributed by atoms with van der Waals surface area (Å²) in [6.45, 7) is 0. The molecular formula is C16H20O. The first kappa shape index (κ1) is 11.0. The fourth-order valence-electron chi connectivity index (χ4n) is 2.99. The normalized spacial score (nSPS) is 25.2. The summed E-state index contributed by atoms with van der Waals surface area (Å²) in [6.07, 6.45) is 9.07. The summed E-state index contributed by atoms with van der Waals surface area (Å²) in [5, 5.41) is 9.77. The van der Waals surface area contributed by atoms with Gasteiger partial charge in [0.1, 0.15) is 0 Å². The first-order valence-corrected chi connectivity index (χ1v) is 6.82. The Morgan fingerprint density at radius 3 is 2.53 bits per heavy atom. The molecule has 1 fully saturated rings. The van der Waals surface area contributed by atoms with Gasteiger partial charge in [-0.3, -0.25) is 0 Å². The second kappa shape index (κ2) is 4.66. The van der Waals surface area contributed by atoms with Crippen molar-refractivity contribution in [2.75, 3.05) is 0 Å². The SMILES string of the molecule is OC1C=C(c2ccccc2C2CCC2)CCC1. The second-order valence-electron chi connectivity index (χ2n) is 5.37. The van der Waals surface area contributed by atoms with Crippen molar-refractivity contribution in [3.8, 4) is 0 Å². The quantitative estimate of drug-likeness (QED) is 0.814. The molecule has 3 rings (SSSR count). The van der Waals surface area contributed by atoms with E-state index in [-0.39, 0.29) is 6.10 Å². The summed E-state index contributed by atoms with van der Waals surface area (Å²) in [4.78, 5) is 0. The van der Waals surface area contributed by atoms with Gasteiger partial charge in [-0.05, 0) is 54.7 Å². The third-order valence-corrected chi connectivity index (χ3v) is 4.19. The molecule has 1 heteroatoms. The molecule has 0 bridgehead atoms. The Balaban J connectivity index is 1.96. The molecule has 0 radical (unpaired) electrons. The number of aliphatic hydroxyl groups excluding tert-OH is 1.